The maximum absolute atomic E-state index is 12.6. The summed E-state index contributed by atoms with van der Waals surface area (Å²) in [5.74, 6) is -3.41. The second-order valence-corrected chi connectivity index (χ2v) is 3.94. The van der Waals surface area contributed by atoms with Gasteiger partial charge in [0, 0.05) is 6.61 Å². The number of methoxy groups -OCH3 is 1. The predicted octanol–water partition coefficient (Wildman–Crippen LogP) is 2.94. The summed E-state index contributed by atoms with van der Waals surface area (Å²) in [7, 11) is 0.936. The molecule has 1 unspecified atom stereocenters. The lowest BCUT2D eigenvalue weighted by Gasteiger charge is -2.17. The lowest BCUT2D eigenvalue weighted by molar-refractivity contribution is -0.198. The van der Waals surface area contributed by atoms with E-state index in [1.807, 2.05) is 30.3 Å². The van der Waals surface area contributed by atoms with E-state index in [2.05, 4.69) is 4.74 Å². The molecule has 0 radical (unpaired) electrons. The van der Waals surface area contributed by atoms with Gasteiger partial charge < -0.3 is 9.47 Å². The molecule has 0 aromatic heterocycles. The molecule has 1 aromatic carbocycles. The summed E-state index contributed by atoms with van der Waals surface area (Å²) in [4.78, 5) is 11.0. The number of hydrogen-bond acceptors (Lipinski definition) is 3. The summed E-state index contributed by atoms with van der Waals surface area (Å²) < 4.78 is 46.9. The van der Waals surface area contributed by atoms with Crippen LogP contribution in [0.3, 0.4) is 0 Å². The minimum absolute atomic E-state index is 0.159. The lowest BCUT2D eigenvalue weighted by Crippen LogP contribution is -2.32. The number of hydrogen-bond donors (Lipinski definition) is 0. The van der Waals surface area contributed by atoms with Crippen LogP contribution in [-0.4, -0.2) is 25.9 Å². The van der Waals surface area contributed by atoms with E-state index in [4.69, 9.17) is 4.74 Å². The van der Waals surface area contributed by atoms with Crippen molar-refractivity contribution < 1.29 is 27.4 Å². The molecule has 0 fully saturated rings. The van der Waals surface area contributed by atoms with Crippen molar-refractivity contribution in [1.82, 2.24) is 0 Å². The number of carbonyl (C=O) groups excluding carboxylic acids is 1. The highest BCUT2D eigenvalue weighted by atomic mass is 19.4. The first-order valence-corrected chi connectivity index (χ1v) is 5.71. The Morgan fingerprint density at radius 3 is 2.42 bits per heavy atom. The van der Waals surface area contributed by atoms with E-state index in [1.54, 1.807) is 0 Å². The molecule has 0 saturated heterocycles. The van der Waals surface area contributed by atoms with Gasteiger partial charge in [0.1, 0.15) is 0 Å². The second-order valence-electron chi connectivity index (χ2n) is 3.94. The van der Waals surface area contributed by atoms with E-state index in [0.29, 0.717) is 0 Å². The molecule has 0 bridgehead atoms. The molecule has 1 atom stereocenters. The van der Waals surface area contributed by atoms with Crippen LogP contribution in [0.4, 0.5) is 13.2 Å². The van der Waals surface area contributed by atoms with Gasteiger partial charge in [-0.15, -0.1) is 0 Å². The Hall–Kier alpha value is -1.56. The van der Waals surface area contributed by atoms with E-state index in [9.17, 15) is 18.0 Å². The van der Waals surface area contributed by atoms with Crippen molar-refractivity contribution in [1.29, 1.82) is 0 Å². The lowest BCUT2D eigenvalue weighted by atomic mass is 10.1. The van der Waals surface area contributed by atoms with Crippen LogP contribution in [0.5, 0.6) is 0 Å². The van der Waals surface area contributed by atoms with Crippen LogP contribution in [0, 0.1) is 5.92 Å². The Morgan fingerprint density at radius 1 is 1.26 bits per heavy atom. The van der Waals surface area contributed by atoms with Gasteiger partial charge >= 0.3 is 12.1 Å². The topological polar surface area (TPSA) is 35.5 Å². The number of halogens is 3. The monoisotopic (exact) mass is 276 g/mol. The Morgan fingerprint density at radius 2 is 1.89 bits per heavy atom. The standard InChI is InChI=1S/C13H15F3O3/c1-18-12(17)11(13(14,15)16)7-8-19-9-10-5-3-2-4-6-10/h2-6,11H,7-9H2,1H3. The number of ether oxygens (including phenoxy) is 2. The van der Waals surface area contributed by atoms with Crippen LogP contribution in [0.25, 0.3) is 0 Å². The van der Waals surface area contributed by atoms with Crippen molar-refractivity contribution >= 4 is 5.97 Å². The Balaban J connectivity index is 2.39. The highest BCUT2D eigenvalue weighted by Crippen LogP contribution is 2.29. The largest absolute Gasteiger partial charge is 0.469 e. The average Bonchev–Trinajstić information content (AvgIpc) is 2.37. The Labute approximate surface area is 109 Å². The van der Waals surface area contributed by atoms with Crippen molar-refractivity contribution in [2.24, 2.45) is 5.92 Å². The zero-order chi connectivity index (χ0) is 14.3. The molecule has 0 spiro atoms. The van der Waals surface area contributed by atoms with E-state index in [1.165, 1.54) is 0 Å². The van der Waals surface area contributed by atoms with Crippen LogP contribution < -0.4 is 0 Å². The average molecular weight is 276 g/mol. The molecule has 1 aromatic rings. The van der Waals surface area contributed by atoms with Crippen LogP contribution in [0.15, 0.2) is 30.3 Å². The van der Waals surface area contributed by atoms with Crippen LogP contribution in [0.2, 0.25) is 0 Å². The van der Waals surface area contributed by atoms with Gasteiger partial charge in [0.05, 0.1) is 13.7 Å². The van der Waals surface area contributed by atoms with Crippen molar-refractivity contribution in [3.63, 3.8) is 0 Å². The third kappa shape index (κ3) is 5.30. The van der Waals surface area contributed by atoms with Gasteiger partial charge in [0.15, 0.2) is 5.92 Å². The van der Waals surface area contributed by atoms with Gasteiger partial charge in [0.25, 0.3) is 0 Å². The molecule has 0 aliphatic rings. The molecule has 19 heavy (non-hydrogen) atoms. The molecule has 0 heterocycles. The molecule has 106 valence electrons. The van der Waals surface area contributed by atoms with Gasteiger partial charge in [0.2, 0.25) is 0 Å². The summed E-state index contributed by atoms with van der Waals surface area (Å²) >= 11 is 0. The molecule has 6 heteroatoms. The summed E-state index contributed by atoms with van der Waals surface area (Å²) in [5, 5.41) is 0. The molecule has 3 nitrogen and oxygen atoms in total. The molecular weight excluding hydrogens is 261 g/mol. The summed E-state index contributed by atoms with van der Waals surface area (Å²) in [6.45, 7) is 0.0563. The molecule has 1 rings (SSSR count). The first-order valence-electron chi connectivity index (χ1n) is 5.71. The maximum Gasteiger partial charge on any atom is 0.402 e. The fourth-order valence-electron chi connectivity index (χ4n) is 1.52. The third-order valence-electron chi connectivity index (χ3n) is 2.54. The number of carbonyl (C=O) groups is 1. The number of esters is 1. The SMILES string of the molecule is COC(=O)C(CCOCc1ccccc1)C(F)(F)F. The summed E-state index contributed by atoms with van der Waals surface area (Å²) in [6.07, 6.45) is -5.05. The van der Waals surface area contributed by atoms with Crippen LogP contribution in [-0.2, 0) is 20.9 Å². The van der Waals surface area contributed by atoms with Gasteiger partial charge in [-0.2, -0.15) is 13.2 Å². The smallest absolute Gasteiger partial charge is 0.402 e. The van der Waals surface area contributed by atoms with Gasteiger partial charge in [-0.05, 0) is 12.0 Å². The Bertz CT molecular complexity index is 390. The predicted molar refractivity (Wildman–Crippen MR) is 62.3 cm³/mol. The first kappa shape index (κ1) is 15.5. The van der Waals surface area contributed by atoms with Crippen molar-refractivity contribution in [3.05, 3.63) is 35.9 Å². The van der Waals surface area contributed by atoms with E-state index >= 15 is 0 Å². The van der Waals surface area contributed by atoms with E-state index < -0.39 is 24.5 Å². The van der Waals surface area contributed by atoms with E-state index in [-0.39, 0.29) is 13.2 Å². The van der Waals surface area contributed by atoms with Gasteiger partial charge in [-0.25, -0.2) is 0 Å². The summed E-state index contributed by atoms with van der Waals surface area (Å²) in [5.41, 5.74) is 0.865. The molecule has 0 aliphatic carbocycles. The minimum atomic E-state index is -4.61. The van der Waals surface area contributed by atoms with Crippen molar-refractivity contribution in [3.8, 4) is 0 Å². The third-order valence-corrected chi connectivity index (χ3v) is 2.54. The number of benzene rings is 1. The first-order chi connectivity index (χ1) is 8.95. The van der Waals surface area contributed by atoms with E-state index in [0.717, 1.165) is 12.7 Å². The van der Waals surface area contributed by atoms with Crippen LogP contribution in [0.1, 0.15) is 12.0 Å². The molecule has 0 saturated carbocycles. The zero-order valence-corrected chi connectivity index (χ0v) is 10.4. The highest BCUT2D eigenvalue weighted by molar-refractivity contribution is 5.73. The number of rotatable bonds is 6. The minimum Gasteiger partial charge on any atom is -0.469 e. The fraction of sp³-hybridized carbons (Fsp3) is 0.462. The maximum atomic E-state index is 12.6. The van der Waals surface area contributed by atoms with Crippen molar-refractivity contribution in [2.75, 3.05) is 13.7 Å². The van der Waals surface area contributed by atoms with Gasteiger partial charge in [-0.3, -0.25) is 4.79 Å². The molecule has 0 aliphatic heterocycles. The highest BCUT2D eigenvalue weighted by Gasteiger charge is 2.45. The Kier molecular flexibility index (Phi) is 5.82. The zero-order valence-electron chi connectivity index (χ0n) is 10.4. The number of alkyl halides is 3. The summed E-state index contributed by atoms with van der Waals surface area (Å²) in [6, 6.07) is 9.07. The fourth-order valence-corrected chi connectivity index (χ4v) is 1.52. The van der Waals surface area contributed by atoms with Crippen molar-refractivity contribution in [2.45, 2.75) is 19.2 Å². The second kappa shape index (κ2) is 7.13. The molecule has 0 N–H and O–H groups in total. The quantitative estimate of drug-likeness (QED) is 0.592. The normalized spacial score (nSPS) is 13.1. The molecule has 0 amide bonds. The van der Waals surface area contributed by atoms with Gasteiger partial charge in [-0.1, -0.05) is 30.3 Å². The molecular formula is C13H15F3O3. The van der Waals surface area contributed by atoms with Crippen LogP contribution >= 0.6 is 0 Å².